The fourth-order valence-corrected chi connectivity index (χ4v) is 8.10. The molecule has 4 aliphatic rings. The van der Waals surface area contributed by atoms with Gasteiger partial charge in [-0.2, -0.15) is 0 Å². The molecule has 6 atom stereocenters. The highest BCUT2D eigenvalue weighted by molar-refractivity contribution is 14.1. The monoisotopic (exact) mass is 948 g/mol. The summed E-state index contributed by atoms with van der Waals surface area (Å²) in [5.41, 5.74) is 5.91. The van der Waals surface area contributed by atoms with Crippen LogP contribution in [0, 0.1) is 34.5 Å². The molecular weight excluding hydrogens is 890 g/mol. The SMILES string of the molecule is CC(C)=C[C@@H]1[C@@H](C(=O)Cl)C1(C)C.CC(C)=C[C@@H]1[C@@H](C(=O)O[C@H]2CC(=O)C(C/C=C\CCI)=C2C)C1(C)C.CC1=C(C/C=C\CCI)C(=O)C[C@@H]1O. The number of alkyl halides is 2. The standard InChI is InChI=1S/C21H29IO3.C11H15IO2.C10H15ClO/c1-13(2)11-16-19(21(16,4)5)20(24)25-18-12-17(23)15(14(18)3)9-7-6-8-10-22;1-8-9(5-3-2-4-6-12)11(14)7-10(8)13;1-6(2)5-7-8(9(11)12)10(7,3)4/h6-7,11,16,18-19H,8-10,12H2,1-5H3;2-3,10,13H,4-7H2,1H3;5,7-8H,1-4H3/b7-6-;3-2-;/t16-,18+,19+;10-;7-,8+/m101/s1. The minimum absolute atomic E-state index is 0.0362. The highest BCUT2D eigenvalue weighted by Crippen LogP contribution is 2.61. The maximum atomic E-state index is 12.6. The van der Waals surface area contributed by atoms with E-state index in [0.717, 1.165) is 44.0 Å². The number of carbonyl (C=O) groups is 4. The molecule has 0 aromatic heterocycles. The van der Waals surface area contributed by atoms with Gasteiger partial charge in [0.15, 0.2) is 11.6 Å². The molecule has 0 radical (unpaired) electrons. The van der Waals surface area contributed by atoms with Crippen LogP contribution in [0.15, 0.2) is 69.9 Å². The summed E-state index contributed by atoms with van der Waals surface area (Å²) >= 11 is 10.1. The van der Waals surface area contributed by atoms with Crippen LogP contribution in [0.2, 0.25) is 0 Å². The molecule has 4 aliphatic carbocycles. The molecule has 0 aromatic carbocycles. The highest BCUT2D eigenvalue weighted by Gasteiger charge is 2.62. The van der Waals surface area contributed by atoms with Gasteiger partial charge in [-0.3, -0.25) is 19.2 Å². The van der Waals surface area contributed by atoms with Crippen molar-refractivity contribution in [3.8, 4) is 0 Å². The van der Waals surface area contributed by atoms with E-state index in [1.54, 1.807) is 0 Å². The van der Waals surface area contributed by atoms with Gasteiger partial charge in [-0.15, -0.1) is 0 Å². The molecule has 0 aliphatic heterocycles. The Balaban J connectivity index is 0.000000292. The summed E-state index contributed by atoms with van der Waals surface area (Å²) in [7, 11) is 0. The molecular formula is C42H59ClI2O6. The minimum Gasteiger partial charge on any atom is -0.457 e. The second-order valence-electron chi connectivity index (χ2n) is 15.8. The van der Waals surface area contributed by atoms with E-state index in [2.05, 4.69) is 117 Å². The number of Topliss-reactive ketones (excluding diaryl/α,β-unsaturated/α-hetero) is 2. The van der Waals surface area contributed by atoms with Crippen LogP contribution in [0.1, 0.15) is 108 Å². The van der Waals surface area contributed by atoms with Crippen LogP contribution in [0.3, 0.4) is 0 Å². The summed E-state index contributed by atoms with van der Waals surface area (Å²) in [5.74, 6) is 0.590. The topological polar surface area (TPSA) is 97.7 Å². The Morgan fingerprint density at radius 3 is 1.59 bits per heavy atom. The molecule has 6 nitrogen and oxygen atoms in total. The van der Waals surface area contributed by atoms with Crippen molar-refractivity contribution < 1.29 is 29.0 Å². The molecule has 9 heteroatoms. The summed E-state index contributed by atoms with van der Waals surface area (Å²) in [6, 6.07) is 0. The number of hydrogen-bond acceptors (Lipinski definition) is 6. The molecule has 0 heterocycles. The van der Waals surface area contributed by atoms with E-state index in [1.165, 1.54) is 11.1 Å². The third-order valence-electron chi connectivity index (χ3n) is 10.5. The summed E-state index contributed by atoms with van der Waals surface area (Å²) in [6.07, 6.45) is 15.6. The van der Waals surface area contributed by atoms with E-state index >= 15 is 0 Å². The number of halogens is 3. The van der Waals surface area contributed by atoms with Crippen molar-refractivity contribution in [2.75, 3.05) is 8.86 Å². The maximum absolute atomic E-state index is 12.6. The van der Waals surface area contributed by atoms with Gasteiger partial charge in [0.2, 0.25) is 5.24 Å². The largest absolute Gasteiger partial charge is 0.457 e. The van der Waals surface area contributed by atoms with E-state index in [-0.39, 0.29) is 63.9 Å². The van der Waals surface area contributed by atoms with Crippen LogP contribution in [0.25, 0.3) is 0 Å². The van der Waals surface area contributed by atoms with E-state index in [4.69, 9.17) is 16.3 Å². The Hall–Kier alpha value is -1.37. The fourth-order valence-electron chi connectivity index (χ4n) is 6.97. The Labute approximate surface area is 339 Å². The van der Waals surface area contributed by atoms with Gasteiger partial charge in [-0.25, -0.2) is 0 Å². The lowest BCUT2D eigenvalue weighted by Gasteiger charge is -2.13. The van der Waals surface area contributed by atoms with Crippen LogP contribution in [0.5, 0.6) is 0 Å². The van der Waals surface area contributed by atoms with Crippen LogP contribution >= 0.6 is 56.8 Å². The van der Waals surface area contributed by atoms with Gasteiger partial charge >= 0.3 is 5.97 Å². The Morgan fingerprint density at radius 1 is 0.765 bits per heavy atom. The molecule has 1 N–H and O–H groups in total. The number of esters is 1. The van der Waals surface area contributed by atoms with Gasteiger partial charge in [0.05, 0.1) is 18.4 Å². The Bertz CT molecular complexity index is 1490. The predicted molar refractivity (Wildman–Crippen MR) is 226 cm³/mol. The van der Waals surface area contributed by atoms with E-state index in [0.29, 0.717) is 25.2 Å². The van der Waals surface area contributed by atoms with E-state index < -0.39 is 6.10 Å². The van der Waals surface area contributed by atoms with E-state index in [9.17, 15) is 24.3 Å². The van der Waals surface area contributed by atoms with Crippen molar-refractivity contribution >= 4 is 79.6 Å². The Kier molecular flexibility index (Phi) is 18.3. The molecule has 0 unspecified atom stereocenters. The van der Waals surface area contributed by atoms with Crippen molar-refractivity contribution in [1.29, 1.82) is 0 Å². The van der Waals surface area contributed by atoms with Crippen molar-refractivity contribution in [3.05, 3.63) is 69.9 Å². The quantitative estimate of drug-likeness (QED) is 0.0649. The van der Waals surface area contributed by atoms with Crippen molar-refractivity contribution in [1.82, 2.24) is 0 Å². The van der Waals surface area contributed by atoms with Gasteiger partial charge < -0.3 is 9.84 Å². The number of ether oxygens (including phenoxy) is 1. The predicted octanol–water partition coefficient (Wildman–Crippen LogP) is 10.6. The second-order valence-corrected chi connectivity index (χ2v) is 18.3. The number of hydrogen-bond donors (Lipinski definition) is 1. The normalized spacial score (nSPS) is 27.2. The molecule has 2 fully saturated rings. The first-order valence-electron chi connectivity index (χ1n) is 18.0. The van der Waals surface area contributed by atoms with Gasteiger partial charge in [-0.05, 0) is 113 Å². The first kappa shape index (κ1) is 45.8. The Morgan fingerprint density at radius 2 is 1.20 bits per heavy atom. The maximum Gasteiger partial charge on any atom is 0.310 e. The zero-order chi connectivity index (χ0) is 38.8. The first-order chi connectivity index (χ1) is 23.7. The lowest BCUT2D eigenvalue weighted by molar-refractivity contribution is -0.150. The van der Waals surface area contributed by atoms with Crippen molar-refractivity contribution in [2.24, 2.45) is 34.5 Å². The van der Waals surface area contributed by atoms with Gasteiger partial charge in [0.1, 0.15) is 6.10 Å². The summed E-state index contributed by atoms with van der Waals surface area (Å²) in [5, 5.41) is 9.25. The van der Waals surface area contributed by atoms with Crippen LogP contribution in [-0.2, 0) is 23.9 Å². The van der Waals surface area contributed by atoms with Gasteiger partial charge in [0, 0.05) is 32.3 Å². The zero-order valence-corrected chi connectivity index (χ0v) is 37.3. The molecule has 4 rings (SSSR count). The number of rotatable bonds is 13. The average Bonchev–Trinajstić information content (AvgIpc) is 3.67. The average molecular weight is 949 g/mol. The fraction of sp³-hybridized carbons (Fsp3) is 0.619. The van der Waals surface area contributed by atoms with Crippen LogP contribution in [0.4, 0.5) is 0 Å². The smallest absolute Gasteiger partial charge is 0.310 e. The zero-order valence-electron chi connectivity index (χ0n) is 32.2. The molecule has 284 valence electrons. The molecule has 0 spiro atoms. The summed E-state index contributed by atoms with van der Waals surface area (Å²) in [6.45, 7) is 20.4. The molecule has 51 heavy (non-hydrogen) atoms. The molecule has 0 aromatic rings. The first-order valence-corrected chi connectivity index (χ1v) is 21.4. The molecule has 0 bridgehead atoms. The minimum atomic E-state index is -0.532. The summed E-state index contributed by atoms with van der Waals surface area (Å²) in [4.78, 5) is 47.3. The lowest BCUT2D eigenvalue weighted by atomic mass is 10.1. The van der Waals surface area contributed by atoms with Crippen LogP contribution < -0.4 is 0 Å². The number of aliphatic hydroxyl groups is 1. The number of ketones is 2. The third kappa shape index (κ3) is 12.9. The van der Waals surface area contributed by atoms with E-state index in [1.807, 2.05) is 33.8 Å². The van der Waals surface area contributed by atoms with Crippen molar-refractivity contribution in [3.63, 3.8) is 0 Å². The number of carbonyl (C=O) groups excluding carboxylic acids is 4. The van der Waals surface area contributed by atoms with Crippen LogP contribution in [-0.4, -0.2) is 48.9 Å². The van der Waals surface area contributed by atoms with Gasteiger partial charge in [-0.1, -0.05) is 120 Å². The summed E-state index contributed by atoms with van der Waals surface area (Å²) < 4.78 is 7.92. The number of allylic oxidation sites excluding steroid dienone is 10. The number of aliphatic hydroxyl groups excluding tert-OH is 1. The third-order valence-corrected chi connectivity index (χ3v) is 12.0. The highest BCUT2D eigenvalue weighted by atomic mass is 127. The molecule has 0 amide bonds. The lowest BCUT2D eigenvalue weighted by Crippen LogP contribution is -2.20. The molecule has 2 saturated carbocycles. The van der Waals surface area contributed by atoms with Crippen molar-refractivity contribution in [2.45, 2.75) is 120 Å². The second kappa shape index (κ2) is 20.3. The molecule has 0 saturated heterocycles. The van der Waals surface area contributed by atoms with Gasteiger partial charge in [0.25, 0.3) is 0 Å².